The molecule has 0 radical (unpaired) electrons. The van der Waals surface area contributed by atoms with Crippen LogP contribution in [0.2, 0.25) is 0 Å². The Hall–Kier alpha value is -4.42. The Morgan fingerprint density at radius 1 is 1.05 bits per heavy atom. The molecule has 3 atom stereocenters. The zero-order valence-corrected chi connectivity index (χ0v) is 24.0. The van der Waals surface area contributed by atoms with Crippen LogP contribution in [0.25, 0.3) is 16.6 Å². The summed E-state index contributed by atoms with van der Waals surface area (Å²) in [6.07, 6.45) is 2.98. The Bertz CT molecular complexity index is 1990. The second kappa shape index (κ2) is 9.30. The maximum absolute atomic E-state index is 13.7. The molecule has 2 aliphatic rings. The molecule has 0 bridgehead atoms. The second-order valence-electron chi connectivity index (χ2n) is 11.2. The van der Waals surface area contributed by atoms with Gasteiger partial charge in [0.05, 0.1) is 29.5 Å². The van der Waals surface area contributed by atoms with E-state index in [2.05, 4.69) is 20.6 Å². The fourth-order valence-electron chi connectivity index (χ4n) is 6.62. The lowest BCUT2D eigenvalue weighted by Gasteiger charge is -2.24. The number of halogens is 1. The number of amides is 1. The van der Waals surface area contributed by atoms with E-state index in [0.717, 1.165) is 33.3 Å². The third-order valence-electron chi connectivity index (χ3n) is 8.59. The van der Waals surface area contributed by atoms with Crippen molar-refractivity contribution >= 4 is 32.5 Å². The normalized spacial score (nSPS) is 21.9. The van der Waals surface area contributed by atoms with E-state index in [0.29, 0.717) is 5.69 Å². The van der Waals surface area contributed by atoms with E-state index in [-0.39, 0.29) is 35.8 Å². The molecule has 5 aromatic rings. The summed E-state index contributed by atoms with van der Waals surface area (Å²) in [7, 11) is -2.34. The quantitative estimate of drug-likeness (QED) is 0.325. The van der Waals surface area contributed by atoms with Crippen LogP contribution in [0.15, 0.2) is 78.1 Å². The van der Waals surface area contributed by atoms with Gasteiger partial charge in [-0.2, -0.15) is 19.3 Å². The van der Waals surface area contributed by atoms with Gasteiger partial charge in [0.25, 0.3) is 10.0 Å². The van der Waals surface area contributed by atoms with Crippen molar-refractivity contribution in [2.45, 2.75) is 24.3 Å². The van der Waals surface area contributed by atoms with Crippen molar-refractivity contribution < 1.29 is 17.6 Å². The highest BCUT2D eigenvalue weighted by Crippen LogP contribution is 2.65. The standard InChI is InChI=1S/C30H28FN7O3S/c1-18-5-4-6-22(11-18)34-29(39)28-25-16-37(42(40,41)27-15-32-36(3)35-27)17-30(25,28)24-13-20-14-33-38(26(20)12-19(24)2)23-9-7-21(31)8-10-23/h4-15,25,28H,16-17H2,1-3H3,(H,34,39)/t25-,28+,30+/m1/s1. The lowest BCUT2D eigenvalue weighted by atomic mass is 9.88. The number of aromatic nitrogens is 5. The number of carbonyl (C=O) groups is 1. The number of rotatable bonds is 6. The fourth-order valence-corrected chi connectivity index (χ4v) is 8.03. The van der Waals surface area contributed by atoms with Crippen LogP contribution >= 0.6 is 0 Å². The summed E-state index contributed by atoms with van der Waals surface area (Å²) < 4.78 is 43.8. The molecule has 1 saturated carbocycles. The number of benzene rings is 3. The van der Waals surface area contributed by atoms with Crippen molar-refractivity contribution in [2.24, 2.45) is 18.9 Å². The molecular weight excluding hydrogens is 557 g/mol. The summed E-state index contributed by atoms with van der Waals surface area (Å²) in [6, 6.07) is 17.7. The molecule has 1 amide bonds. The first-order valence-electron chi connectivity index (χ1n) is 13.6. The lowest BCUT2D eigenvalue weighted by Crippen LogP contribution is -2.37. The number of nitrogens with zero attached hydrogens (tertiary/aromatic N) is 6. The van der Waals surface area contributed by atoms with Crippen LogP contribution in [0.1, 0.15) is 16.7 Å². The lowest BCUT2D eigenvalue weighted by molar-refractivity contribution is -0.118. The van der Waals surface area contributed by atoms with E-state index in [1.165, 1.54) is 27.4 Å². The molecule has 1 aliphatic carbocycles. The number of aryl methyl sites for hydroxylation is 3. The highest BCUT2D eigenvalue weighted by Gasteiger charge is 2.74. The second-order valence-corrected chi connectivity index (χ2v) is 13.1. The van der Waals surface area contributed by atoms with Crippen molar-refractivity contribution in [1.29, 1.82) is 0 Å². The molecule has 1 aliphatic heterocycles. The molecule has 7 rings (SSSR count). The number of anilines is 1. The minimum atomic E-state index is -3.91. The first-order chi connectivity index (χ1) is 20.1. The molecule has 1 N–H and O–H groups in total. The number of hydrogen-bond acceptors (Lipinski definition) is 6. The Morgan fingerprint density at radius 2 is 1.83 bits per heavy atom. The van der Waals surface area contributed by atoms with Crippen LogP contribution in [0.5, 0.6) is 0 Å². The SMILES string of the molecule is Cc1cccc(NC(=O)[C@@H]2[C@H]3CN(S(=O)(=O)c4cnn(C)n4)C[C@]32c2cc3cnn(-c4ccc(F)cc4)c3cc2C)c1. The predicted molar refractivity (Wildman–Crippen MR) is 154 cm³/mol. The maximum Gasteiger partial charge on any atom is 0.264 e. The van der Waals surface area contributed by atoms with Crippen LogP contribution in [-0.4, -0.2) is 56.5 Å². The molecular formula is C30H28FN7O3S. The van der Waals surface area contributed by atoms with E-state index < -0.39 is 21.4 Å². The van der Waals surface area contributed by atoms with Gasteiger partial charge in [-0.05, 0) is 85.0 Å². The van der Waals surface area contributed by atoms with E-state index in [1.807, 2.05) is 50.2 Å². The number of carbonyl (C=O) groups excluding carboxylic acids is 1. The summed E-state index contributed by atoms with van der Waals surface area (Å²) in [5.74, 6) is -1.11. The Labute approximate surface area is 241 Å². The molecule has 12 heteroatoms. The van der Waals surface area contributed by atoms with Crippen LogP contribution in [0.4, 0.5) is 10.1 Å². The van der Waals surface area contributed by atoms with Crippen molar-refractivity contribution in [2.75, 3.05) is 18.4 Å². The van der Waals surface area contributed by atoms with Crippen molar-refractivity contribution in [3.8, 4) is 5.69 Å². The number of sulfonamides is 1. The number of fused-ring (bicyclic) bond motifs is 2. The fraction of sp³-hybridized carbons (Fsp3) is 0.267. The highest BCUT2D eigenvalue weighted by atomic mass is 32.2. The van der Waals surface area contributed by atoms with Gasteiger partial charge in [-0.3, -0.25) is 4.79 Å². The molecule has 0 spiro atoms. The van der Waals surface area contributed by atoms with Gasteiger partial charge in [0.1, 0.15) is 5.82 Å². The molecule has 2 fully saturated rings. The van der Waals surface area contributed by atoms with Crippen LogP contribution in [-0.2, 0) is 27.3 Å². The molecule has 2 aromatic heterocycles. The number of nitrogens with one attached hydrogen (secondary N) is 1. The number of hydrogen-bond donors (Lipinski definition) is 1. The van der Waals surface area contributed by atoms with E-state index in [9.17, 15) is 17.6 Å². The average Bonchev–Trinajstić information content (AvgIpc) is 3.36. The van der Waals surface area contributed by atoms with E-state index in [1.54, 1.807) is 30.1 Å². The maximum atomic E-state index is 13.7. The summed E-state index contributed by atoms with van der Waals surface area (Å²) in [5, 5.41) is 16.3. The number of piperidine rings is 1. The highest BCUT2D eigenvalue weighted by molar-refractivity contribution is 7.89. The molecule has 0 unspecified atom stereocenters. The third-order valence-corrected chi connectivity index (χ3v) is 10.3. The zero-order chi connectivity index (χ0) is 29.4. The topological polar surface area (TPSA) is 115 Å². The Balaban J connectivity index is 1.29. The van der Waals surface area contributed by atoms with E-state index >= 15 is 0 Å². The molecule has 3 heterocycles. The smallest absolute Gasteiger partial charge is 0.264 e. The van der Waals surface area contributed by atoms with Gasteiger partial charge >= 0.3 is 0 Å². The average molecular weight is 586 g/mol. The Kier molecular flexibility index (Phi) is 5.86. The van der Waals surface area contributed by atoms with Gasteiger partial charge in [0.15, 0.2) is 0 Å². The van der Waals surface area contributed by atoms with Gasteiger partial charge in [-0.15, -0.1) is 5.10 Å². The predicted octanol–water partition coefficient (Wildman–Crippen LogP) is 3.74. The van der Waals surface area contributed by atoms with Crippen LogP contribution in [0.3, 0.4) is 0 Å². The van der Waals surface area contributed by atoms with Gasteiger partial charge in [0.2, 0.25) is 10.9 Å². The summed E-state index contributed by atoms with van der Waals surface area (Å²) in [5.41, 5.74) is 4.40. The monoisotopic (exact) mass is 585 g/mol. The first kappa shape index (κ1) is 26.5. The van der Waals surface area contributed by atoms with Gasteiger partial charge in [0, 0.05) is 36.6 Å². The molecule has 214 valence electrons. The third kappa shape index (κ3) is 4.04. The van der Waals surface area contributed by atoms with Gasteiger partial charge in [-0.1, -0.05) is 12.1 Å². The summed E-state index contributed by atoms with van der Waals surface area (Å²) >= 11 is 0. The van der Waals surface area contributed by atoms with Gasteiger partial charge < -0.3 is 5.32 Å². The van der Waals surface area contributed by atoms with Crippen molar-refractivity contribution in [1.82, 2.24) is 29.1 Å². The summed E-state index contributed by atoms with van der Waals surface area (Å²) in [6.45, 7) is 4.26. The van der Waals surface area contributed by atoms with Gasteiger partial charge in [-0.25, -0.2) is 17.5 Å². The minimum absolute atomic E-state index is 0.116. The molecule has 42 heavy (non-hydrogen) atoms. The van der Waals surface area contributed by atoms with Crippen LogP contribution < -0.4 is 5.32 Å². The first-order valence-corrected chi connectivity index (χ1v) is 15.0. The molecule has 10 nitrogen and oxygen atoms in total. The van der Waals surface area contributed by atoms with E-state index in [4.69, 9.17) is 0 Å². The molecule has 1 saturated heterocycles. The Morgan fingerprint density at radius 3 is 2.55 bits per heavy atom. The van der Waals surface area contributed by atoms with Crippen LogP contribution in [0, 0.1) is 31.5 Å². The largest absolute Gasteiger partial charge is 0.326 e. The molecule has 3 aromatic carbocycles. The van der Waals surface area contributed by atoms with Crippen molar-refractivity contribution in [3.63, 3.8) is 0 Å². The van der Waals surface area contributed by atoms with Crippen molar-refractivity contribution in [3.05, 3.63) is 95.6 Å². The summed E-state index contributed by atoms with van der Waals surface area (Å²) in [4.78, 5) is 15.0. The zero-order valence-electron chi connectivity index (χ0n) is 23.2. The minimum Gasteiger partial charge on any atom is -0.326 e.